The van der Waals surface area contributed by atoms with Gasteiger partial charge in [-0.2, -0.15) is 22.0 Å². The maximum atomic E-state index is 15.0. The zero-order chi connectivity index (χ0) is 29.4. The van der Waals surface area contributed by atoms with Crippen LogP contribution in [0.25, 0.3) is 11.1 Å². The Morgan fingerprint density at radius 2 is 1.41 bits per heavy atom. The summed E-state index contributed by atoms with van der Waals surface area (Å²) in [5, 5.41) is 0. The molecule has 0 N–H and O–H groups in total. The van der Waals surface area contributed by atoms with Gasteiger partial charge in [-0.05, 0) is 73.1 Å². The molecule has 0 amide bonds. The molecule has 3 aromatic carbocycles. The van der Waals surface area contributed by atoms with Crippen LogP contribution in [0.3, 0.4) is 0 Å². The van der Waals surface area contributed by atoms with Gasteiger partial charge < -0.3 is 14.2 Å². The van der Waals surface area contributed by atoms with Crippen LogP contribution in [0.5, 0.6) is 5.75 Å². The Kier molecular flexibility index (Phi) is 8.34. The first-order valence-electron chi connectivity index (χ1n) is 13.5. The van der Waals surface area contributed by atoms with E-state index in [9.17, 15) is 22.0 Å². The SMILES string of the molecule is CC1COC(c2ccc(C3CCC(C(F)(F)Oc4ccc(-c5ccc(C(F)(F)F)cc5)c(F)c4)CC3)c(F)c2)OC1. The van der Waals surface area contributed by atoms with Crippen LogP contribution < -0.4 is 4.74 Å². The fourth-order valence-electron chi connectivity index (χ4n) is 5.43. The predicted octanol–water partition coefficient (Wildman–Crippen LogP) is 9.28. The van der Waals surface area contributed by atoms with E-state index in [2.05, 4.69) is 0 Å². The molecule has 3 nitrogen and oxygen atoms in total. The van der Waals surface area contributed by atoms with Crippen molar-refractivity contribution in [3.8, 4) is 16.9 Å². The molecular weight excluding hydrogens is 553 g/mol. The van der Waals surface area contributed by atoms with E-state index in [1.54, 1.807) is 12.1 Å². The molecule has 1 heterocycles. The van der Waals surface area contributed by atoms with E-state index < -0.39 is 47.4 Å². The lowest BCUT2D eigenvalue weighted by molar-refractivity contribution is -0.222. The number of hydrogen-bond acceptors (Lipinski definition) is 3. The Balaban J connectivity index is 1.19. The van der Waals surface area contributed by atoms with Crippen molar-refractivity contribution in [3.63, 3.8) is 0 Å². The van der Waals surface area contributed by atoms with E-state index in [-0.39, 0.29) is 35.8 Å². The minimum atomic E-state index is -4.53. The largest absolute Gasteiger partial charge is 0.432 e. The maximum Gasteiger partial charge on any atom is 0.416 e. The van der Waals surface area contributed by atoms with Gasteiger partial charge in [0.1, 0.15) is 17.4 Å². The molecule has 10 heteroatoms. The average molecular weight is 583 g/mol. The Morgan fingerprint density at radius 1 is 0.756 bits per heavy atom. The van der Waals surface area contributed by atoms with Crippen LogP contribution in [0.15, 0.2) is 60.7 Å². The second kappa shape index (κ2) is 11.6. The number of alkyl halides is 5. The van der Waals surface area contributed by atoms with Gasteiger partial charge >= 0.3 is 12.3 Å². The number of hydrogen-bond donors (Lipinski definition) is 0. The third kappa shape index (κ3) is 6.70. The van der Waals surface area contributed by atoms with Crippen molar-refractivity contribution in [1.29, 1.82) is 0 Å². The summed E-state index contributed by atoms with van der Waals surface area (Å²) in [6.07, 6.45) is -7.94. The van der Waals surface area contributed by atoms with E-state index in [4.69, 9.17) is 14.2 Å². The summed E-state index contributed by atoms with van der Waals surface area (Å²) in [4.78, 5) is 0. The Morgan fingerprint density at radius 3 is 2.00 bits per heavy atom. The van der Waals surface area contributed by atoms with Crippen molar-refractivity contribution < 1.29 is 44.9 Å². The van der Waals surface area contributed by atoms with E-state index in [0.717, 1.165) is 36.4 Å². The highest BCUT2D eigenvalue weighted by molar-refractivity contribution is 5.65. The van der Waals surface area contributed by atoms with Crippen LogP contribution in [0.4, 0.5) is 30.7 Å². The lowest BCUT2D eigenvalue weighted by Gasteiger charge is -2.34. The summed E-state index contributed by atoms with van der Waals surface area (Å²) in [5.74, 6) is -2.84. The average Bonchev–Trinajstić information content (AvgIpc) is 2.93. The van der Waals surface area contributed by atoms with Gasteiger partial charge in [-0.3, -0.25) is 0 Å². The third-order valence-electron chi connectivity index (χ3n) is 7.72. The molecule has 2 fully saturated rings. The molecule has 0 spiro atoms. The van der Waals surface area contributed by atoms with E-state index in [1.807, 2.05) is 6.92 Å². The highest BCUT2D eigenvalue weighted by atomic mass is 19.4. The van der Waals surface area contributed by atoms with Gasteiger partial charge in [-0.1, -0.05) is 31.2 Å². The molecule has 0 unspecified atom stereocenters. The molecular formula is C31H29F7O3. The normalized spacial score (nSPS) is 23.8. The first-order chi connectivity index (χ1) is 19.4. The van der Waals surface area contributed by atoms with Gasteiger partial charge in [-0.15, -0.1) is 0 Å². The quantitative estimate of drug-likeness (QED) is 0.271. The minimum absolute atomic E-state index is 0.0425. The lowest BCUT2D eigenvalue weighted by Crippen LogP contribution is -2.37. The molecule has 1 aliphatic carbocycles. The zero-order valence-electron chi connectivity index (χ0n) is 22.2. The van der Waals surface area contributed by atoms with Crippen LogP contribution >= 0.6 is 0 Å². The summed E-state index contributed by atoms with van der Waals surface area (Å²) in [6.45, 7) is 3.03. The van der Waals surface area contributed by atoms with Gasteiger partial charge in [0.15, 0.2) is 6.29 Å². The smallest absolute Gasteiger partial charge is 0.416 e. The molecule has 0 aromatic heterocycles. The van der Waals surface area contributed by atoms with Gasteiger partial charge in [0.05, 0.1) is 24.7 Å². The maximum absolute atomic E-state index is 15.0. The van der Waals surface area contributed by atoms with E-state index >= 15 is 8.78 Å². The van der Waals surface area contributed by atoms with Crippen molar-refractivity contribution in [2.45, 2.75) is 57.1 Å². The van der Waals surface area contributed by atoms with Crippen molar-refractivity contribution in [2.24, 2.45) is 11.8 Å². The van der Waals surface area contributed by atoms with Gasteiger partial charge in [0, 0.05) is 23.1 Å². The molecule has 1 saturated carbocycles. The van der Waals surface area contributed by atoms with Crippen LogP contribution in [-0.4, -0.2) is 19.3 Å². The molecule has 0 atom stereocenters. The first kappa shape index (κ1) is 29.4. The Bertz CT molecular complexity index is 1340. The second-order valence-electron chi connectivity index (χ2n) is 10.8. The van der Waals surface area contributed by atoms with E-state index in [1.165, 1.54) is 12.1 Å². The number of benzene rings is 3. The van der Waals surface area contributed by atoms with Crippen molar-refractivity contribution in [1.82, 2.24) is 0 Å². The van der Waals surface area contributed by atoms with Gasteiger partial charge in [-0.25, -0.2) is 8.78 Å². The van der Waals surface area contributed by atoms with Gasteiger partial charge in [0.25, 0.3) is 0 Å². The molecule has 0 radical (unpaired) electrons. The Labute approximate surface area is 233 Å². The van der Waals surface area contributed by atoms with Crippen molar-refractivity contribution in [2.75, 3.05) is 13.2 Å². The van der Waals surface area contributed by atoms with Crippen LogP contribution in [0.1, 0.15) is 61.5 Å². The van der Waals surface area contributed by atoms with E-state index in [0.29, 0.717) is 37.2 Å². The second-order valence-corrected chi connectivity index (χ2v) is 10.8. The molecule has 3 aromatic rings. The summed E-state index contributed by atoms with van der Waals surface area (Å²) in [5.41, 5.74) is 0.277. The van der Waals surface area contributed by atoms with Crippen LogP contribution in [0.2, 0.25) is 0 Å². The first-order valence-corrected chi connectivity index (χ1v) is 13.5. The number of halogens is 7. The van der Waals surface area contributed by atoms with Crippen LogP contribution in [0, 0.1) is 23.5 Å². The molecule has 1 saturated heterocycles. The molecule has 0 bridgehead atoms. The topological polar surface area (TPSA) is 27.7 Å². The van der Waals surface area contributed by atoms with Crippen molar-refractivity contribution in [3.05, 3.63) is 89.0 Å². The number of ether oxygens (including phenoxy) is 3. The molecule has 1 aliphatic heterocycles. The van der Waals surface area contributed by atoms with Crippen LogP contribution in [-0.2, 0) is 15.7 Å². The zero-order valence-corrected chi connectivity index (χ0v) is 22.2. The molecule has 5 rings (SSSR count). The summed E-state index contributed by atoms with van der Waals surface area (Å²) < 4.78 is 114. The molecule has 220 valence electrons. The highest BCUT2D eigenvalue weighted by Gasteiger charge is 2.44. The van der Waals surface area contributed by atoms with Crippen molar-refractivity contribution >= 4 is 0 Å². The molecule has 41 heavy (non-hydrogen) atoms. The third-order valence-corrected chi connectivity index (χ3v) is 7.72. The monoisotopic (exact) mass is 582 g/mol. The number of rotatable bonds is 6. The Hall–Kier alpha value is -3.11. The standard InChI is InChI=1S/C31H29F7O3/c1-18-16-39-29(40-17-18)21-6-12-25(27(32)14-21)20-4-9-23(10-5-20)31(37,38)41-24-11-13-26(28(33)15-24)19-2-7-22(8-3-19)30(34,35)36/h2-3,6-8,11-15,18,20,23,29H,4-5,9-10,16-17H2,1H3. The summed E-state index contributed by atoms with van der Waals surface area (Å²) in [7, 11) is 0. The predicted molar refractivity (Wildman–Crippen MR) is 137 cm³/mol. The summed E-state index contributed by atoms with van der Waals surface area (Å²) in [6, 6.07) is 11.8. The lowest BCUT2D eigenvalue weighted by atomic mass is 9.78. The highest BCUT2D eigenvalue weighted by Crippen LogP contribution is 2.44. The minimum Gasteiger partial charge on any atom is -0.432 e. The van der Waals surface area contributed by atoms with Gasteiger partial charge in [0.2, 0.25) is 0 Å². The fraction of sp³-hybridized carbons (Fsp3) is 0.419. The fourth-order valence-corrected chi connectivity index (χ4v) is 5.43. The summed E-state index contributed by atoms with van der Waals surface area (Å²) >= 11 is 0. The molecule has 2 aliphatic rings.